The topological polar surface area (TPSA) is 66.4 Å². The van der Waals surface area contributed by atoms with Gasteiger partial charge in [-0.2, -0.15) is 0 Å². The molecule has 0 saturated carbocycles. The highest BCUT2D eigenvalue weighted by Gasteiger charge is 2.07. The molecule has 0 aliphatic carbocycles. The van der Waals surface area contributed by atoms with Crippen LogP contribution in [0.4, 0.5) is 0 Å². The molecule has 0 bridgehead atoms. The molecule has 0 aromatic heterocycles. The maximum Gasteiger partial charge on any atom is 0.211 e. The Morgan fingerprint density at radius 2 is 2.00 bits per heavy atom. The Balaban J connectivity index is 3.58. The van der Waals surface area contributed by atoms with Gasteiger partial charge in [0, 0.05) is 13.2 Å². The summed E-state index contributed by atoms with van der Waals surface area (Å²) in [6.07, 6.45) is 1.88. The van der Waals surface area contributed by atoms with Gasteiger partial charge in [-0.15, -0.1) is 0 Å². The van der Waals surface area contributed by atoms with Crippen molar-refractivity contribution in [1.29, 1.82) is 0 Å². The largest absolute Gasteiger partial charge is 0.396 e. The molecule has 0 aromatic rings. The van der Waals surface area contributed by atoms with Crippen molar-refractivity contribution in [3.05, 3.63) is 0 Å². The second-order valence-electron chi connectivity index (χ2n) is 2.64. The summed E-state index contributed by atoms with van der Waals surface area (Å²) in [5.74, 6) is 0.119. The highest BCUT2D eigenvalue weighted by Crippen LogP contribution is 1.93. The van der Waals surface area contributed by atoms with Crippen molar-refractivity contribution in [3.63, 3.8) is 0 Å². The molecule has 4 nitrogen and oxygen atoms in total. The van der Waals surface area contributed by atoms with Crippen LogP contribution in [0.2, 0.25) is 0 Å². The monoisotopic (exact) mass is 195 g/mol. The molecule has 12 heavy (non-hydrogen) atoms. The predicted octanol–water partition coefficient (Wildman–Crippen LogP) is 0.0883. The van der Waals surface area contributed by atoms with Gasteiger partial charge in [-0.3, -0.25) is 0 Å². The SMILES string of the molecule is CCCNS(=O)(=O)CCCCO. The molecule has 0 heterocycles. The van der Waals surface area contributed by atoms with Gasteiger partial charge in [0.2, 0.25) is 10.0 Å². The van der Waals surface area contributed by atoms with Crippen LogP contribution in [0.1, 0.15) is 26.2 Å². The first kappa shape index (κ1) is 11.9. The van der Waals surface area contributed by atoms with Gasteiger partial charge in [-0.1, -0.05) is 6.92 Å². The van der Waals surface area contributed by atoms with Crippen LogP contribution in [0.3, 0.4) is 0 Å². The quantitative estimate of drug-likeness (QED) is 0.566. The van der Waals surface area contributed by atoms with Gasteiger partial charge in [-0.05, 0) is 19.3 Å². The standard InChI is InChI=1S/C7H17NO3S/c1-2-5-8-12(10,11)7-4-3-6-9/h8-9H,2-7H2,1H3. The molecule has 0 atom stereocenters. The van der Waals surface area contributed by atoms with Crippen molar-refractivity contribution in [1.82, 2.24) is 4.72 Å². The molecule has 5 heteroatoms. The number of nitrogens with one attached hydrogen (secondary N) is 1. The summed E-state index contributed by atoms with van der Waals surface area (Å²) in [6.45, 7) is 2.47. The molecule has 0 fully saturated rings. The normalized spacial score (nSPS) is 11.8. The van der Waals surface area contributed by atoms with Crippen molar-refractivity contribution in [2.45, 2.75) is 26.2 Å². The minimum Gasteiger partial charge on any atom is -0.396 e. The van der Waals surface area contributed by atoms with E-state index >= 15 is 0 Å². The number of hydrogen-bond acceptors (Lipinski definition) is 3. The zero-order valence-corrected chi connectivity index (χ0v) is 8.23. The van der Waals surface area contributed by atoms with E-state index in [1.54, 1.807) is 0 Å². The van der Waals surface area contributed by atoms with Crippen molar-refractivity contribution in [2.75, 3.05) is 18.9 Å². The van der Waals surface area contributed by atoms with Crippen LogP contribution in [-0.4, -0.2) is 32.4 Å². The summed E-state index contributed by atoms with van der Waals surface area (Å²) in [6, 6.07) is 0. The molecule has 0 radical (unpaired) electrons. The Labute approximate surface area is 74.0 Å². The third-order valence-electron chi connectivity index (χ3n) is 1.39. The van der Waals surface area contributed by atoms with E-state index in [0.717, 1.165) is 6.42 Å². The molecule has 0 rings (SSSR count). The Morgan fingerprint density at radius 3 is 2.50 bits per heavy atom. The van der Waals surface area contributed by atoms with E-state index < -0.39 is 10.0 Å². The summed E-state index contributed by atoms with van der Waals surface area (Å²) in [4.78, 5) is 0. The fraction of sp³-hybridized carbons (Fsp3) is 1.00. The van der Waals surface area contributed by atoms with E-state index in [-0.39, 0.29) is 12.4 Å². The van der Waals surface area contributed by atoms with E-state index in [9.17, 15) is 8.42 Å². The van der Waals surface area contributed by atoms with Crippen LogP contribution >= 0.6 is 0 Å². The first-order valence-corrected chi connectivity index (χ1v) is 5.86. The lowest BCUT2D eigenvalue weighted by molar-refractivity contribution is 0.287. The molecule has 0 aliphatic rings. The summed E-state index contributed by atoms with van der Waals surface area (Å²) in [7, 11) is -3.08. The van der Waals surface area contributed by atoms with Gasteiger partial charge < -0.3 is 5.11 Å². The van der Waals surface area contributed by atoms with Gasteiger partial charge in [0.15, 0.2) is 0 Å². The lowest BCUT2D eigenvalue weighted by atomic mass is 10.4. The van der Waals surface area contributed by atoms with Crippen molar-refractivity contribution >= 4 is 10.0 Å². The van der Waals surface area contributed by atoms with Crippen LogP contribution in [-0.2, 0) is 10.0 Å². The molecule has 0 aliphatic heterocycles. The van der Waals surface area contributed by atoms with Crippen LogP contribution in [0.25, 0.3) is 0 Å². The van der Waals surface area contributed by atoms with E-state index in [1.165, 1.54) is 0 Å². The first-order valence-electron chi connectivity index (χ1n) is 4.20. The number of aliphatic hydroxyl groups excluding tert-OH is 1. The smallest absolute Gasteiger partial charge is 0.211 e. The highest BCUT2D eigenvalue weighted by atomic mass is 32.2. The van der Waals surface area contributed by atoms with Gasteiger partial charge in [0.25, 0.3) is 0 Å². The van der Waals surface area contributed by atoms with Crippen LogP contribution in [0, 0.1) is 0 Å². The zero-order chi connectivity index (χ0) is 9.45. The van der Waals surface area contributed by atoms with E-state index in [2.05, 4.69) is 4.72 Å². The van der Waals surface area contributed by atoms with Gasteiger partial charge in [0.1, 0.15) is 0 Å². The molecule has 0 saturated heterocycles. The highest BCUT2D eigenvalue weighted by molar-refractivity contribution is 7.89. The zero-order valence-electron chi connectivity index (χ0n) is 7.41. The second kappa shape index (κ2) is 6.39. The molecule has 0 aromatic carbocycles. The first-order chi connectivity index (χ1) is 5.62. The summed E-state index contributed by atoms with van der Waals surface area (Å²) >= 11 is 0. The summed E-state index contributed by atoms with van der Waals surface area (Å²) < 4.78 is 24.6. The van der Waals surface area contributed by atoms with E-state index in [0.29, 0.717) is 19.4 Å². The molecule has 0 amide bonds. The Hall–Kier alpha value is -0.130. The Kier molecular flexibility index (Phi) is 6.32. The summed E-state index contributed by atoms with van der Waals surface area (Å²) in [5, 5.41) is 8.42. The summed E-state index contributed by atoms with van der Waals surface area (Å²) in [5.41, 5.74) is 0. The fourth-order valence-corrected chi connectivity index (χ4v) is 1.98. The van der Waals surface area contributed by atoms with Crippen molar-refractivity contribution < 1.29 is 13.5 Å². The lowest BCUT2D eigenvalue weighted by Crippen LogP contribution is -2.27. The number of unbranched alkanes of at least 4 members (excludes halogenated alkanes) is 1. The maximum atomic E-state index is 11.1. The van der Waals surface area contributed by atoms with Crippen LogP contribution in [0.5, 0.6) is 0 Å². The maximum absolute atomic E-state index is 11.1. The minimum atomic E-state index is -3.08. The molecular formula is C7H17NO3S. The number of rotatable bonds is 7. The van der Waals surface area contributed by atoms with E-state index in [1.807, 2.05) is 6.92 Å². The van der Waals surface area contributed by atoms with Crippen molar-refractivity contribution in [3.8, 4) is 0 Å². The minimum absolute atomic E-state index is 0.0588. The average molecular weight is 195 g/mol. The Bertz CT molecular complexity index is 189. The fourth-order valence-electron chi connectivity index (χ4n) is 0.734. The van der Waals surface area contributed by atoms with Gasteiger partial charge in [0.05, 0.1) is 5.75 Å². The van der Waals surface area contributed by atoms with Crippen LogP contribution in [0.15, 0.2) is 0 Å². The molecule has 74 valence electrons. The average Bonchev–Trinajstić information content (AvgIpc) is 2.01. The number of sulfonamides is 1. The van der Waals surface area contributed by atoms with Crippen LogP contribution < -0.4 is 4.72 Å². The third-order valence-corrected chi connectivity index (χ3v) is 2.86. The molecule has 2 N–H and O–H groups in total. The number of aliphatic hydroxyl groups is 1. The molecule has 0 spiro atoms. The van der Waals surface area contributed by atoms with Gasteiger partial charge in [-0.25, -0.2) is 13.1 Å². The lowest BCUT2D eigenvalue weighted by Gasteiger charge is -2.03. The predicted molar refractivity (Wildman–Crippen MR) is 48.4 cm³/mol. The Morgan fingerprint density at radius 1 is 1.33 bits per heavy atom. The molecule has 0 unspecified atom stereocenters. The third kappa shape index (κ3) is 6.57. The van der Waals surface area contributed by atoms with Gasteiger partial charge >= 0.3 is 0 Å². The van der Waals surface area contributed by atoms with E-state index in [4.69, 9.17) is 5.11 Å². The number of hydrogen-bond donors (Lipinski definition) is 2. The second-order valence-corrected chi connectivity index (χ2v) is 4.57. The van der Waals surface area contributed by atoms with Crippen molar-refractivity contribution in [2.24, 2.45) is 0 Å². The molecular weight excluding hydrogens is 178 g/mol.